The van der Waals surface area contributed by atoms with Crippen molar-refractivity contribution < 1.29 is 4.74 Å². The Kier molecular flexibility index (Phi) is 4.70. The van der Waals surface area contributed by atoms with E-state index in [1.807, 2.05) is 42.3 Å². The highest BCUT2D eigenvalue weighted by Crippen LogP contribution is 2.26. The van der Waals surface area contributed by atoms with Crippen molar-refractivity contribution in [2.24, 2.45) is 5.73 Å². The zero-order valence-electron chi connectivity index (χ0n) is 12.1. The van der Waals surface area contributed by atoms with E-state index in [0.717, 1.165) is 17.0 Å². The number of ether oxygens (including phenoxy) is 1. The molecular weight excluding hydrogens is 286 g/mol. The molecule has 0 spiro atoms. The van der Waals surface area contributed by atoms with Gasteiger partial charge in [0.1, 0.15) is 11.6 Å². The summed E-state index contributed by atoms with van der Waals surface area (Å²) in [6.07, 6.45) is 0. The van der Waals surface area contributed by atoms with Crippen molar-refractivity contribution in [1.82, 2.24) is 0 Å². The third kappa shape index (κ3) is 3.47. The third-order valence-corrected chi connectivity index (χ3v) is 3.50. The van der Waals surface area contributed by atoms with Crippen LogP contribution < -0.4 is 15.4 Å². The summed E-state index contributed by atoms with van der Waals surface area (Å²) in [6.45, 7) is 0.645. The Hall–Kier alpha value is -2.20. The molecule has 0 aromatic heterocycles. The minimum atomic E-state index is -0.000577. The van der Waals surface area contributed by atoms with E-state index in [4.69, 9.17) is 27.5 Å². The lowest BCUT2D eigenvalue weighted by molar-refractivity contribution is 0.409. The average molecular weight is 304 g/mol. The Balaban J connectivity index is 2.32. The summed E-state index contributed by atoms with van der Waals surface area (Å²) >= 11 is 5.98. The highest BCUT2D eigenvalue weighted by molar-refractivity contribution is 6.31. The number of nitrogens with one attached hydrogen (secondary N) is 1. The summed E-state index contributed by atoms with van der Waals surface area (Å²) in [4.78, 5) is 2.02. The first kappa shape index (κ1) is 15.2. The van der Waals surface area contributed by atoms with E-state index in [-0.39, 0.29) is 5.84 Å². The van der Waals surface area contributed by atoms with Gasteiger partial charge in [0.25, 0.3) is 0 Å². The van der Waals surface area contributed by atoms with Crippen molar-refractivity contribution in [3.8, 4) is 5.75 Å². The van der Waals surface area contributed by atoms with Gasteiger partial charge in [0.05, 0.1) is 7.11 Å². The van der Waals surface area contributed by atoms with Crippen LogP contribution in [0, 0.1) is 5.41 Å². The van der Waals surface area contributed by atoms with Crippen LogP contribution in [-0.2, 0) is 6.54 Å². The summed E-state index contributed by atoms with van der Waals surface area (Å²) in [7, 11) is 3.60. The molecule has 2 aromatic rings. The summed E-state index contributed by atoms with van der Waals surface area (Å²) in [5, 5.41) is 8.26. The van der Waals surface area contributed by atoms with Crippen molar-refractivity contribution in [3.05, 3.63) is 58.6 Å². The van der Waals surface area contributed by atoms with Gasteiger partial charge < -0.3 is 15.4 Å². The van der Waals surface area contributed by atoms with Crippen LogP contribution in [0.3, 0.4) is 0 Å². The van der Waals surface area contributed by atoms with Gasteiger partial charge in [-0.15, -0.1) is 0 Å². The van der Waals surface area contributed by atoms with Crippen LogP contribution in [0.5, 0.6) is 5.75 Å². The number of methoxy groups -OCH3 is 1. The van der Waals surface area contributed by atoms with Crippen molar-refractivity contribution in [1.29, 1.82) is 5.41 Å². The molecule has 110 valence electrons. The minimum Gasteiger partial charge on any atom is -0.496 e. The lowest BCUT2D eigenvalue weighted by Crippen LogP contribution is -2.22. The maximum Gasteiger partial charge on any atom is 0.124 e. The Morgan fingerprint density at radius 2 is 2.00 bits per heavy atom. The second kappa shape index (κ2) is 6.50. The van der Waals surface area contributed by atoms with Crippen LogP contribution in [0.25, 0.3) is 0 Å². The normalized spacial score (nSPS) is 10.2. The fourth-order valence-corrected chi connectivity index (χ4v) is 2.40. The van der Waals surface area contributed by atoms with Gasteiger partial charge in [0, 0.05) is 35.4 Å². The number of benzene rings is 2. The minimum absolute atomic E-state index is 0.000577. The summed E-state index contributed by atoms with van der Waals surface area (Å²) in [5.74, 6) is 0.835. The number of halogens is 1. The number of hydrogen-bond donors (Lipinski definition) is 2. The number of rotatable bonds is 5. The summed E-state index contributed by atoms with van der Waals surface area (Å²) in [5.41, 5.74) is 8.19. The van der Waals surface area contributed by atoms with Crippen LogP contribution in [0.4, 0.5) is 5.69 Å². The summed E-state index contributed by atoms with van der Waals surface area (Å²) in [6, 6.07) is 13.2. The molecule has 4 nitrogen and oxygen atoms in total. The van der Waals surface area contributed by atoms with Gasteiger partial charge in [-0.1, -0.05) is 29.8 Å². The van der Waals surface area contributed by atoms with Crippen LogP contribution in [-0.4, -0.2) is 20.0 Å². The van der Waals surface area contributed by atoms with E-state index in [1.165, 1.54) is 0 Å². The van der Waals surface area contributed by atoms with Gasteiger partial charge in [-0.3, -0.25) is 5.41 Å². The number of amidine groups is 1. The molecule has 5 heteroatoms. The standard InChI is InChI=1S/C16H18ClN3O/c1-20(10-11-5-3-4-6-15(11)21-2)14-8-7-12(17)9-13(14)16(18)19/h3-9H,10H2,1-2H3,(H3,18,19). The first-order valence-corrected chi connectivity index (χ1v) is 6.87. The fourth-order valence-electron chi connectivity index (χ4n) is 2.23. The Bertz CT molecular complexity index is 658. The lowest BCUT2D eigenvalue weighted by Gasteiger charge is -2.23. The monoisotopic (exact) mass is 303 g/mol. The number of nitrogens with two attached hydrogens (primary N) is 1. The Morgan fingerprint density at radius 1 is 1.29 bits per heavy atom. The molecule has 0 aliphatic heterocycles. The molecule has 0 radical (unpaired) electrons. The number of para-hydroxylation sites is 1. The van der Waals surface area contributed by atoms with Crippen molar-refractivity contribution in [2.75, 3.05) is 19.1 Å². The second-order valence-electron chi connectivity index (χ2n) is 4.74. The van der Waals surface area contributed by atoms with Gasteiger partial charge in [-0.25, -0.2) is 0 Å². The summed E-state index contributed by atoms with van der Waals surface area (Å²) < 4.78 is 5.36. The largest absolute Gasteiger partial charge is 0.496 e. The molecule has 0 amide bonds. The van der Waals surface area contributed by atoms with E-state index < -0.39 is 0 Å². The second-order valence-corrected chi connectivity index (χ2v) is 5.18. The SMILES string of the molecule is COc1ccccc1CN(C)c1ccc(Cl)cc1C(=N)N. The highest BCUT2D eigenvalue weighted by atomic mass is 35.5. The molecule has 0 saturated heterocycles. The topological polar surface area (TPSA) is 62.3 Å². The molecule has 0 unspecified atom stereocenters. The fraction of sp³-hybridized carbons (Fsp3) is 0.188. The van der Waals surface area contributed by atoms with E-state index in [1.54, 1.807) is 19.2 Å². The molecule has 0 atom stereocenters. The van der Waals surface area contributed by atoms with Gasteiger partial charge in [-0.05, 0) is 24.3 Å². The molecular formula is C16H18ClN3O. The quantitative estimate of drug-likeness (QED) is 0.658. The van der Waals surface area contributed by atoms with Gasteiger partial charge >= 0.3 is 0 Å². The van der Waals surface area contributed by atoms with E-state index in [0.29, 0.717) is 17.1 Å². The highest BCUT2D eigenvalue weighted by Gasteiger charge is 2.12. The number of nitrogen functional groups attached to an aromatic ring is 1. The molecule has 0 bridgehead atoms. The number of anilines is 1. The first-order valence-electron chi connectivity index (χ1n) is 6.50. The zero-order chi connectivity index (χ0) is 15.4. The lowest BCUT2D eigenvalue weighted by atomic mass is 10.1. The van der Waals surface area contributed by atoms with E-state index in [2.05, 4.69) is 0 Å². The van der Waals surface area contributed by atoms with Crippen LogP contribution in [0.15, 0.2) is 42.5 Å². The van der Waals surface area contributed by atoms with Crippen molar-refractivity contribution in [2.45, 2.75) is 6.54 Å². The Labute approximate surface area is 129 Å². The molecule has 21 heavy (non-hydrogen) atoms. The van der Waals surface area contributed by atoms with Gasteiger partial charge in [-0.2, -0.15) is 0 Å². The first-order chi connectivity index (χ1) is 10.0. The van der Waals surface area contributed by atoms with E-state index >= 15 is 0 Å². The third-order valence-electron chi connectivity index (χ3n) is 3.26. The molecule has 0 aliphatic rings. The molecule has 0 aliphatic carbocycles. The molecule has 0 fully saturated rings. The zero-order valence-corrected chi connectivity index (χ0v) is 12.8. The average Bonchev–Trinajstić information content (AvgIpc) is 2.47. The van der Waals surface area contributed by atoms with Crippen molar-refractivity contribution in [3.63, 3.8) is 0 Å². The van der Waals surface area contributed by atoms with Gasteiger partial charge in [0.2, 0.25) is 0 Å². The number of hydrogen-bond acceptors (Lipinski definition) is 3. The predicted molar refractivity (Wildman–Crippen MR) is 87.6 cm³/mol. The number of nitrogens with zero attached hydrogens (tertiary/aromatic N) is 1. The maximum atomic E-state index is 7.69. The predicted octanol–water partition coefficient (Wildman–Crippen LogP) is 3.27. The Morgan fingerprint density at radius 3 is 2.67 bits per heavy atom. The van der Waals surface area contributed by atoms with E-state index in [9.17, 15) is 0 Å². The smallest absolute Gasteiger partial charge is 0.124 e. The maximum absolute atomic E-state index is 7.69. The molecule has 0 saturated carbocycles. The molecule has 3 N–H and O–H groups in total. The van der Waals surface area contributed by atoms with Crippen LogP contribution in [0.2, 0.25) is 5.02 Å². The molecule has 2 rings (SSSR count). The van der Waals surface area contributed by atoms with Gasteiger partial charge in [0.15, 0.2) is 0 Å². The van der Waals surface area contributed by atoms with Crippen LogP contribution >= 0.6 is 11.6 Å². The molecule has 2 aromatic carbocycles. The molecule has 0 heterocycles. The van der Waals surface area contributed by atoms with Crippen LogP contribution in [0.1, 0.15) is 11.1 Å². The van der Waals surface area contributed by atoms with Crippen molar-refractivity contribution >= 4 is 23.1 Å².